The Balaban J connectivity index is 1.53. The zero-order valence-electron chi connectivity index (χ0n) is 13.5. The molecule has 0 N–H and O–H groups in total. The molecule has 3 heterocycles. The van der Waals surface area contributed by atoms with E-state index in [2.05, 4.69) is 15.3 Å². The number of hydrogen-bond donors (Lipinski definition) is 0. The number of alkyl halides is 3. The molecule has 3 aromatic rings. The highest BCUT2D eigenvalue weighted by Crippen LogP contribution is 2.30. The Morgan fingerprint density at radius 2 is 1.92 bits per heavy atom. The predicted octanol–water partition coefficient (Wildman–Crippen LogP) is 2.66. The number of aromatic nitrogens is 4. The number of hydrogen-bond acceptors (Lipinski definition) is 4. The van der Waals surface area contributed by atoms with Crippen LogP contribution in [0, 0.1) is 0 Å². The summed E-state index contributed by atoms with van der Waals surface area (Å²) in [6.45, 7) is 0.842. The fraction of sp³-hybridized carbons (Fsp3) is 0.294. The molecular weight excluding hydrogens is 347 g/mol. The van der Waals surface area contributed by atoms with Gasteiger partial charge in [-0.2, -0.15) is 22.8 Å². The highest BCUT2D eigenvalue weighted by molar-refractivity contribution is 5.79. The highest BCUT2D eigenvalue weighted by atomic mass is 19.4. The molecule has 1 fully saturated rings. The first kappa shape index (κ1) is 16.5. The molecule has 4 rings (SSSR count). The van der Waals surface area contributed by atoms with Crippen LogP contribution in [-0.2, 0) is 17.5 Å². The summed E-state index contributed by atoms with van der Waals surface area (Å²) in [6, 6.07) is 11.2. The third kappa shape index (κ3) is 3.00. The minimum Gasteiger partial charge on any atom is -0.338 e. The van der Waals surface area contributed by atoms with Crippen LogP contribution in [-0.4, -0.2) is 37.2 Å². The number of amides is 1. The van der Waals surface area contributed by atoms with Gasteiger partial charge in [-0.1, -0.05) is 30.3 Å². The molecule has 1 atom stereocenters. The van der Waals surface area contributed by atoms with Crippen LogP contribution in [0.1, 0.15) is 29.3 Å². The number of carbonyl (C=O) groups excluding carboxylic acids is 1. The lowest BCUT2D eigenvalue weighted by molar-refractivity contribution is -0.146. The largest absolute Gasteiger partial charge is 0.453 e. The molecule has 6 nitrogen and oxygen atoms in total. The monoisotopic (exact) mass is 361 g/mol. The normalized spacial score (nSPS) is 18.0. The number of carbonyl (C=O) groups is 1. The van der Waals surface area contributed by atoms with Gasteiger partial charge in [0.1, 0.15) is 0 Å². The molecule has 2 aromatic heterocycles. The van der Waals surface area contributed by atoms with E-state index < -0.39 is 12.0 Å². The van der Waals surface area contributed by atoms with Crippen molar-refractivity contribution >= 4 is 11.6 Å². The molecule has 0 saturated carbocycles. The summed E-state index contributed by atoms with van der Waals surface area (Å²) < 4.78 is 39.1. The summed E-state index contributed by atoms with van der Waals surface area (Å²) >= 11 is 0. The van der Waals surface area contributed by atoms with Crippen molar-refractivity contribution in [1.82, 2.24) is 24.7 Å². The van der Waals surface area contributed by atoms with Crippen molar-refractivity contribution in [3.05, 3.63) is 59.5 Å². The highest BCUT2D eigenvalue weighted by Gasteiger charge is 2.37. The molecule has 1 unspecified atom stereocenters. The van der Waals surface area contributed by atoms with Gasteiger partial charge in [0.05, 0.1) is 6.20 Å². The van der Waals surface area contributed by atoms with Crippen molar-refractivity contribution < 1.29 is 18.0 Å². The van der Waals surface area contributed by atoms with E-state index in [1.165, 1.54) is 12.3 Å². The van der Waals surface area contributed by atoms with Gasteiger partial charge in [0.2, 0.25) is 5.91 Å². The van der Waals surface area contributed by atoms with Gasteiger partial charge in [-0.15, -0.1) is 10.2 Å². The van der Waals surface area contributed by atoms with Crippen LogP contribution >= 0.6 is 0 Å². The van der Waals surface area contributed by atoms with Crippen LogP contribution in [0.15, 0.2) is 42.6 Å². The lowest BCUT2D eigenvalue weighted by Gasteiger charge is -2.16. The average Bonchev–Trinajstić information content (AvgIpc) is 3.19. The summed E-state index contributed by atoms with van der Waals surface area (Å²) in [7, 11) is 0. The molecule has 0 spiro atoms. The second kappa shape index (κ2) is 6.08. The molecule has 1 saturated heterocycles. The number of benzene rings is 1. The van der Waals surface area contributed by atoms with Gasteiger partial charge in [0.15, 0.2) is 5.65 Å². The quantitative estimate of drug-likeness (QED) is 0.720. The van der Waals surface area contributed by atoms with E-state index in [-0.39, 0.29) is 24.0 Å². The van der Waals surface area contributed by atoms with Gasteiger partial charge < -0.3 is 4.90 Å². The molecule has 0 radical (unpaired) electrons. The van der Waals surface area contributed by atoms with Crippen molar-refractivity contribution in [2.45, 2.75) is 25.1 Å². The first-order valence-electron chi connectivity index (χ1n) is 8.02. The first-order chi connectivity index (χ1) is 12.4. The van der Waals surface area contributed by atoms with E-state index in [1.54, 1.807) is 4.90 Å². The Kier molecular flexibility index (Phi) is 3.86. The Bertz CT molecular complexity index is 954. The van der Waals surface area contributed by atoms with E-state index in [0.29, 0.717) is 23.0 Å². The maximum Gasteiger partial charge on any atom is 0.453 e. The number of fused-ring (bicyclic) bond motifs is 1. The predicted molar refractivity (Wildman–Crippen MR) is 85.0 cm³/mol. The number of likely N-dealkylation sites (tertiary alicyclic amines) is 1. The van der Waals surface area contributed by atoms with Crippen molar-refractivity contribution in [1.29, 1.82) is 0 Å². The number of halogens is 3. The fourth-order valence-electron chi connectivity index (χ4n) is 3.19. The fourth-order valence-corrected chi connectivity index (χ4v) is 3.19. The summed E-state index contributed by atoms with van der Waals surface area (Å²) in [5.41, 5.74) is 1.71. The topological polar surface area (TPSA) is 63.4 Å². The second-order valence-electron chi connectivity index (χ2n) is 6.24. The summed E-state index contributed by atoms with van der Waals surface area (Å²) in [5, 5.41) is 10.5. The lowest BCUT2D eigenvalue weighted by Crippen LogP contribution is -2.24. The summed E-state index contributed by atoms with van der Waals surface area (Å²) in [6.07, 6.45) is -2.89. The van der Waals surface area contributed by atoms with Crippen molar-refractivity contribution in [3.63, 3.8) is 0 Å². The molecule has 1 aliphatic heterocycles. The van der Waals surface area contributed by atoms with E-state index in [0.717, 1.165) is 5.56 Å². The second-order valence-corrected chi connectivity index (χ2v) is 6.24. The third-order valence-corrected chi connectivity index (χ3v) is 4.43. The summed E-state index contributed by atoms with van der Waals surface area (Å²) in [5.74, 6) is -1.04. The van der Waals surface area contributed by atoms with E-state index in [1.807, 2.05) is 30.3 Å². The van der Waals surface area contributed by atoms with Gasteiger partial charge in [-0.05, 0) is 17.2 Å². The average molecular weight is 361 g/mol. The van der Waals surface area contributed by atoms with Gasteiger partial charge in [0.25, 0.3) is 5.82 Å². The maximum absolute atomic E-state index is 12.8. The van der Waals surface area contributed by atoms with Crippen LogP contribution in [0.25, 0.3) is 5.65 Å². The number of nitrogens with zero attached hydrogens (tertiary/aromatic N) is 5. The van der Waals surface area contributed by atoms with Crippen molar-refractivity contribution in [3.8, 4) is 0 Å². The molecule has 9 heteroatoms. The van der Waals surface area contributed by atoms with Gasteiger partial charge in [-0.25, -0.2) is 0 Å². The first-order valence-corrected chi connectivity index (χ1v) is 8.02. The van der Waals surface area contributed by atoms with E-state index in [4.69, 9.17) is 0 Å². The lowest BCUT2D eigenvalue weighted by atomic mass is 9.99. The Labute approximate surface area is 146 Å². The molecular formula is C17H14F3N5O. The van der Waals surface area contributed by atoms with Crippen LogP contribution in [0.5, 0.6) is 0 Å². The molecule has 1 amide bonds. The molecule has 0 aliphatic carbocycles. The standard InChI is InChI=1S/C17H14F3N5O/c18-17(19,20)16-23-22-14-6-11(8-21-25(14)16)9-24-10-13(7-15(24)26)12-4-2-1-3-5-12/h1-6,8,13H,7,9-10H2. The van der Waals surface area contributed by atoms with Gasteiger partial charge >= 0.3 is 6.18 Å². The number of rotatable bonds is 3. The van der Waals surface area contributed by atoms with Crippen LogP contribution in [0.2, 0.25) is 0 Å². The Morgan fingerprint density at radius 1 is 1.15 bits per heavy atom. The molecule has 1 aliphatic rings. The smallest absolute Gasteiger partial charge is 0.338 e. The van der Waals surface area contributed by atoms with Gasteiger partial charge in [0, 0.05) is 25.4 Å². The molecule has 134 valence electrons. The van der Waals surface area contributed by atoms with Crippen LogP contribution < -0.4 is 0 Å². The van der Waals surface area contributed by atoms with E-state index in [9.17, 15) is 18.0 Å². The summed E-state index contributed by atoms with van der Waals surface area (Å²) in [4.78, 5) is 14.0. The zero-order chi connectivity index (χ0) is 18.3. The van der Waals surface area contributed by atoms with Gasteiger partial charge in [-0.3, -0.25) is 4.79 Å². The SMILES string of the molecule is O=C1CC(c2ccccc2)CN1Cc1cnn2c(C(F)(F)F)nnc2c1. The molecule has 1 aromatic carbocycles. The molecule has 0 bridgehead atoms. The Morgan fingerprint density at radius 3 is 2.65 bits per heavy atom. The molecule has 26 heavy (non-hydrogen) atoms. The third-order valence-electron chi connectivity index (χ3n) is 4.43. The van der Waals surface area contributed by atoms with Crippen molar-refractivity contribution in [2.24, 2.45) is 0 Å². The van der Waals surface area contributed by atoms with E-state index >= 15 is 0 Å². The van der Waals surface area contributed by atoms with Crippen molar-refractivity contribution in [2.75, 3.05) is 6.54 Å². The Hall–Kier alpha value is -2.97. The van der Waals surface area contributed by atoms with Crippen LogP contribution in [0.3, 0.4) is 0 Å². The van der Waals surface area contributed by atoms with Crippen LogP contribution in [0.4, 0.5) is 13.2 Å². The zero-order valence-corrected chi connectivity index (χ0v) is 13.5. The minimum atomic E-state index is -4.62. The maximum atomic E-state index is 12.8. The minimum absolute atomic E-state index is 0.00100.